The van der Waals surface area contributed by atoms with Crippen molar-refractivity contribution >= 4 is 35.2 Å². The molecule has 9 heteroatoms. The lowest BCUT2D eigenvalue weighted by molar-refractivity contribution is -0.133. The molecule has 3 aromatic rings. The summed E-state index contributed by atoms with van der Waals surface area (Å²) in [4.78, 5) is 28.1. The molecule has 5 rings (SSSR count). The van der Waals surface area contributed by atoms with Gasteiger partial charge in [-0.15, -0.1) is 0 Å². The predicted molar refractivity (Wildman–Crippen MR) is 150 cm³/mol. The Hall–Kier alpha value is -3.03. The van der Waals surface area contributed by atoms with Crippen LogP contribution in [0.15, 0.2) is 48.7 Å². The second-order valence-electron chi connectivity index (χ2n) is 11.2. The van der Waals surface area contributed by atoms with Crippen molar-refractivity contribution in [3.63, 3.8) is 0 Å². The highest BCUT2D eigenvalue weighted by Gasteiger charge is 2.39. The summed E-state index contributed by atoms with van der Waals surface area (Å²) < 4.78 is 12.6. The zero-order valence-electron chi connectivity index (χ0n) is 22.5. The number of fused-ring (bicyclic) bond motifs is 1. The van der Waals surface area contributed by atoms with E-state index in [1.165, 1.54) is 4.68 Å². The number of nitrogens with zero attached hydrogens (tertiary/aromatic N) is 3. The van der Waals surface area contributed by atoms with Gasteiger partial charge >= 0.3 is 6.09 Å². The van der Waals surface area contributed by atoms with Gasteiger partial charge in [0.1, 0.15) is 18.0 Å². The van der Waals surface area contributed by atoms with Gasteiger partial charge in [-0.05, 0) is 76.1 Å². The molecule has 0 radical (unpaired) electrons. The van der Waals surface area contributed by atoms with Gasteiger partial charge < -0.3 is 14.4 Å². The summed E-state index contributed by atoms with van der Waals surface area (Å²) in [6, 6.07) is 13.3. The number of carbonyl (C=O) groups excluding carboxylic acids is 2. The Morgan fingerprint density at radius 1 is 1.10 bits per heavy atom. The fourth-order valence-corrected chi connectivity index (χ4v) is 5.97. The topological polar surface area (TPSA) is 73.7 Å². The number of rotatable bonds is 6. The minimum atomic E-state index is -0.615. The Kier molecular flexibility index (Phi) is 7.92. The van der Waals surface area contributed by atoms with E-state index in [-0.39, 0.29) is 17.9 Å². The summed E-state index contributed by atoms with van der Waals surface area (Å²) in [5, 5.41) is 5.48. The van der Waals surface area contributed by atoms with E-state index < -0.39 is 11.7 Å². The SMILES string of the molecule is CC(C)(C)OC(=O)n1cc2c(n1)CCCC2N1CCC(Cc2c(Cl)cc(OCc3ccccc3)cc2Cl)C1=O. The van der Waals surface area contributed by atoms with Gasteiger partial charge in [-0.25, -0.2) is 4.79 Å². The molecule has 1 aliphatic heterocycles. The Balaban J connectivity index is 1.27. The standard InChI is InChI=1S/C30H33Cl2N3O4/c1-30(2,3)39-29(37)35-17-23-26(33-35)10-7-11-27(23)34-13-12-20(28(34)36)14-22-24(31)15-21(16-25(22)32)38-18-19-8-5-4-6-9-19/h4-6,8-9,15-17,20,27H,7,10-14,18H2,1-3H3. The highest BCUT2D eigenvalue weighted by atomic mass is 35.5. The first-order valence-electron chi connectivity index (χ1n) is 13.4. The molecule has 2 aliphatic rings. The third-order valence-corrected chi connectivity index (χ3v) is 7.87. The first-order chi connectivity index (χ1) is 18.6. The molecule has 1 saturated heterocycles. The molecule has 0 saturated carbocycles. The molecule has 0 N–H and O–H groups in total. The van der Waals surface area contributed by atoms with Crippen molar-refractivity contribution in [2.45, 2.75) is 71.1 Å². The molecule has 206 valence electrons. The van der Waals surface area contributed by atoms with Crippen LogP contribution < -0.4 is 4.74 Å². The molecule has 0 bridgehead atoms. The molecule has 7 nitrogen and oxygen atoms in total. The molecule has 2 unspecified atom stereocenters. The smallest absolute Gasteiger partial charge is 0.435 e. The van der Waals surface area contributed by atoms with Crippen LogP contribution in [0.25, 0.3) is 0 Å². The summed E-state index contributed by atoms with van der Waals surface area (Å²) in [5.74, 6) is 0.450. The predicted octanol–water partition coefficient (Wildman–Crippen LogP) is 7.02. The van der Waals surface area contributed by atoms with Crippen molar-refractivity contribution in [2.75, 3.05) is 6.54 Å². The first-order valence-corrected chi connectivity index (χ1v) is 14.1. The lowest BCUT2D eigenvalue weighted by Gasteiger charge is -2.31. The number of ether oxygens (including phenoxy) is 2. The van der Waals surface area contributed by atoms with Crippen molar-refractivity contribution in [3.05, 3.63) is 81.1 Å². The number of aryl methyl sites for hydroxylation is 1. The molecule has 2 heterocycles. The Labute approximate surface area is 239 Å². The largest absolute Gasteiger partial charge is 0.489 e. The fourth-order valence-electron chi connectivity index (χ4n) is 5.35. The first kappa shape index (κ1) is 27.5. The maximum absolute atomic E-state index is 13.6. The van der Waals surface area contributed by atoms with E-state index in [1.807, 2.05) is 56.0 Å². The number of hydrogen-bond acceptors (Lipinski definition) is 5. The van der Waals surface area contributed by atoms with Crippen LogP contribution in [0, 0.1) is 5.92 Å². The Bertz CT molecular complexity index is 1340. The molecule has 1 fully saturated rings. The van der Waals surface area contributed by atoms with Crippen molar-refractivity contribution in [3.8, 4) is 5.75 Å². The van der Waals surface area contributed by atoms with Gasteiger partial charge in [0, 0.05) is 34.3 Å². The van der Waals surface area contributed by atoms with E-state index in [0.717, 1.165) is 41.6 Å². The molecular formula is C30H33Cl2N3O4. The number of halogens is 2. The molecular weight excluding hydrogens is 537 g/mol. The maximum atomic E-state index is 13.6. The Morgan fingerprint density at radius 2 is 1.82 bits per heavy atom. The van der Waals surface area contributed by atoms with E-state index in [2.05, 4.69) is 5.10 Å². The molecule has 2 aromatic carbocycles. The van der Waals surface area contributed by atoms with Gasteiger partial charge in [-0.2, -0.15) is 9.78 Å². The van der Waals surface area contributed by atoms with Crippen LogP contribution in [0.5, 0.6) is 5.75 Å². The van der Waals surface area contributed by atoms with E-state index >= 15 is 0 Å². The zero-order valence-corrected chi connectivity index (χ0v) is 24.0. The van der Waals surface area contributed by atoms with Gasteiger partial charge in [0.2, 0.25) is 5.91 Å². The van der Waals surface area contributed by atoms with E-state index in [1.54, 1.807) is 18.3 Å². The lowest BCUT2D eigenvalue weighted by atomic mass is 9.92. The number of benzene rings is 2. The highest BCUT2D eigenvalue weighted by molar-refractivity contribution is 6.36. The number of carbonyl (C=O) groups is 2. The molecule has 1 amide bonds. The van der Waals surface area contributed by atoms with Crippen LogP contribution in [0.1, 0.15) is 68.5 Å². The third-order valence-electron chi connectivity index (χ3n) is 7.19. The van der Waals surface area contributed by atoms with Crippen LogP contribution in [0.2, 0.25) is 10.0 Å². The van der Waals surface area contributed by atoms with Crippen LogP contribution >= 0.6 is 23.2 Å². The average molecular weight is 571 g/mol. The van der Waals surface area contributed by atoms with E-state index in [4.69, 9.17) is 32.7 Å². The monoisotopic (exact) mass is 569 g/mol. The number of hydrogen-bond donors (Lipinski definition) is 0. The lowest BCUT2D eigenvalue weighted by Crippen LogP contribution is -2.34. The second-order valence-corrected chi connectivity index (χ2v) is 12.0. The van der Waals surface area contributed by atoms with Gasteiger partial charge in [-0.3, -0.25) is 4.79 Å². The fraction of sp³-hybridized carbons (Fsp3) is 0.433. The summed E-state index contributed by atoms with van der Waals surface area (Å²) >= 11 is 13.3. The molecule has 39 heavy (non-hydrogen) atoms. The van der Waals surface area contributed by atoms with Gasteiger partial charge in [0.05, 0.1) is 11.7 Å². The van der Waals surface area contributed by atoms with Crippen LogP contribution in [0.4, 0.5) is 4.79 Å². The normalized spacial score (nSPS) is 19.2. The summed E-state index contributed by atoms with van der Waals surface area (Å²) in [6.07, 6.45) is 4.90. The van der Waals surface area contributed by atoms with Gasteiger partial charge in [0.25, 0.3) is 0 Å². The molecule has 0 spiro atoms. The molecule has 1 aromatic heterocycles. The minimum Gasteiger partial charge on any atom is -0.489 e. The van der Waals surface area contributed by atoms with Crippen LogP contribution in [0.3, 0.4) is 0 Å². The zero-order chi connectivity index (χ0) is 27.7. The molecule has 1 aliphatic carbocycles. The van der Waals surface area contributed by atoms with Crippen LogP contribution in [-0.4, -0.2) is 38.8 Å². The van der Waals surface area contributed by atoms with Crippen molar-refractivity contribution < 1.29 is 19.1 Å². The van der Waals surface area contributed by atoms with Gasteiger partial charge in [-0.1, -0.05) is 53.5 Å². The summed E-state index contributed by atoms with van der Waals surface area (Å²) in [6.45, 7) is 6.52. The summed E-state index contributed by atoms with van der Waals surface area (Å²) in [7, 11) is 0. The number of likely N-dealkylation sites (tertiary alicyclic amines) is 1. The minimum absolute atomic E-state index is 0.0782. The second kappa shape index (κ2) is 11.2. The average Bonchev–Trinajstić information content (AvgIpc) is 3.48. The van der Waals surface area contributed by atoms with E-state index in [0.29, 0.717) is 41.8 Å². The van der Waals surface area contributed by atoms with E-state index in [9.17, 15) is 9.59 Å². The van der Waals surface area contributed by atoms with Crippen molar-refractivity contribution in [2.24, 2.45) is 5.92 Å². The summed E-state index contributed by atoms with van der Waals surface area (Å²) in [5.41, 5.74) is 2.97. The number of aromatic nitrogens is 2. The van der Waals surface area contributed by atoms with Gasteiger partial charge in [0.15, 0.2) is 0 Å². The quantitative estimate of drug-likeness (QED) is 0.319. The highest BCUT2D eigenvalue weighted by Crippen LogP contribution is 2.40. The number of amides is 1. The Morgan fingerprint density at radius 3 is 2.51 bits per heavy atom. The van der Waals surface area contributed by atoms with Crippen molar-refractivity contribution in [1.82, 2.24) is 14.7 Å². The third kappa shape index (κ3) is 6.25. The van der Waals surface area contributed by atoms with Crippen LogP contribution in [-0.2, 0) is 29.0 Å². The molecule has 2 atom stereocenters. The maximum Gasteiger partial charge on any atom is 0.435 e. The van der Waals surface area contributed by atoms with Crippen molar-refractivity contribution in [1.29, 1.82) is 0 Å².